The van der Waals surface area contributed by atoms with Crippen LogP contribution in [-0.2, 0) is 0 Å². The number of hydrogen-bond acceptors (Lipinski definition) is 2. The normalized spacial score (nSPS) is 12.6. The molecule has 1 N–H and O–H groups in total. The summed E-state index contributed by atoms with van der Waals surface area (Å²) in [6.45, 7) is 12.5. The van der Waals surface area contributed by atoms with E-state index < -0.39 is 0 Å². The molecule has 106 valence electrons. The lowest BCUT2D eigenvalue weighted by Crippen LogP contribution is -2.36. The molecule has 0 amide bonds. The minimum Gasteiger partial charge on any atom is -0.315 e. The zero-order valence-electron chi connectivity index (χ0n) is 12.4. The fourth-order valence-electron chi connectivity index (χ4n) is 2.38. The van der Waals surface area contributed by atoms with Crippen LogP contribution in [0.5, 0.6) is 0 Å². The minimum atomic E-state index is 0.436. The van der Waals surface area contributed by atoms with Crippen molar-refractivity contribution in [1.82, 2.24) is 10.2 Å². The number of nitrogens with one attached hydrogen (secondary N) is 1. The van der Waals surface area contributed by atoms with Gasteiger partial charge in [0.25, 0.3) is 0 Å². The van der Waals surface area contributed by atoms with Crippen molar-refractivity contribution >= 4 is 0 Å². The highest BCUT2D eigenvalue weighted by Gasteiger charge is 2.18. The maximum Gasteiger partial charge on any atom is 0.0475 e. The highest BCUT2D eigenvalue weighted by molar-refractivity contribution is 5.19. The summed E-state index contributed by atoms with van der Waals surface area (Å²) < 4.78 is 0. The third-order valence-electron chi connectivity index (χ3n) is 3.26. The standard InChI is InChI=1S/C17H28N2/c1-4-12-18-15-17(16-10-8-7-9-11-16)19(13-5-2)14-6-3/h5,7-11,17-18H,2,4,6,12-15H2,1,3H3. The van der Waals surface area contributed by atoms with Gasteiger partial charge in [-0.3, -0.25) is 4.90 Å². The molecule has 0 bridgehead atoms. The SMILES string of the molecule is C=CCN(CCC)C(CNCCC)c1ccccc1. The fraction of sp³-hybridized carbons (Fsp3) is 0.529. The lowest BCUT2D eigenvalue weighted by atomic mass is 10.0. The zero-order chi connectivity index (χ0) is 13.9. The topological polar surface area (TPSA) is 15.3 Å². The van der Waals surface area contributed by atoms with Crippen molar-refractivity contribution in [2.75, 3.05) is 26.2 Å². The molecule has 19 heavy (non-hydrogen) atoms. The minimum absolute atomic E-state index is 0.436. The first-order chi connectivity index (χ1) is 9.33. The average Bonchev–Trinajstić information content (AvgIpc) is 2.45. The van der Waals surface area contributed by atoms with Crippen LogP contribution >= 0.6 is 0 Å². The van der Waals surface area contributed by atoms with E-state index in [9.17, 15) is 0 Å². The van der Waals surface area contributed by atoms with Gasteiger partial charge in [0.2, 0.25) is 0 Å². The van der Waals surface area contributed by atoms with Crippen molar-refractivity contribution in [1.29, 1.82) is 0 Å². The van der Waals surface area contributed by atoms with Crippen molar-refractivity contribution in [2.45, 2.75) is 32.7 Å². The molecule has 1 rings (SSSR count). The summed E-state index contributed by atoms with van der Waals surface area (Å²) in [6, 6.07) is 11.2. The van der Waals surface area contributed by atoms with Crippen LogP contribution in [0, 0.1) is 0 Å². The molecule has 0 spiro atoms. The van der Waals surface area contributed by atoms with Gasteiger partial charge in [0, 0.05) is 19.1 Å². The molecule has 1 aromatic rings. The maximum absolute atomic E-state index is 3.89. The highest BCUT2D eigenvalue weighted by atomic mass is 15.2. The molecule has 0 aliphatic heterocycles. The second-order valence-corrected chi connectivity index (χ2v) is 4.91. The Hall–Kier alpha value is -1.12. The van der Waals surface area contributed by atoms with Crippen LogP contribution in [0.25, 0.3) is 0 Å². The molecule has 1 aromatic carbocycles. The summed E-state index contributed by atoms with van der Waals surface area (Å²) >= 11 is 0. The zero-order valence-corrected chi connectivity index (χ0v) is 12.4. The smallest absolute Gasteiger partial charge is 0.0475 e. The lowest BCUT2D eigenvalue weighted by molar-refractivity contribution is 0.214. The first kappa shape index (κ1) is 15.9. The van der Waals surface area contributed by atoms with Gasteiger partial charge in [0.1, 0.15) is 0 Å². The molecule has 2 nitrogen and oxygen atoms in total. The summed E-state index contributed by atoms with van der Waals surface area (Å²) in [6.07, 6.45) is 4.35. The van der Waals surface area contributed by atoms with Gasteiger partial charge < -0.3 is 5.32 Å². The predicted octanol–water partition coefficient (Wildman–Crippen LogP) is 3.63. The van der Waals surface area contributed by atoms with Gasteiger partial charge in [-0.25, -0.2) is 0 Å². The van der Waals surface area contributed by atoms with Gasteiger partial charge >= 0.3 is 0 Å². The molecule has 0 fully saturated rings. The Morgan fingerprint density at radius 2 is 1.95 bits per heavy atom. The second-order valence-electron chi connectivity index (χ2n) is 4.91. The van der Waals surface area contributed by atoms with Gasteiger partial charge in [-0.15, -0.1) is 6.58 Å². The van der Waals surface area contributed by atoms with Crippen molar-refractivity contribution < 1.29 is 0 Å². The van der Waals surface area contributed by atoms with Gasteiger partial charge in [0.05, 0.1) is 0 Å². The molecule has 0 aliphatic rings. The number of hydrogen-bond donors (Lipinski definition) is 1. The summed E-state index contributed by atoms with van der Waals surface area (Å²) in [5.41, 5.74) is 1.39. The number of benzene rings is 1. The third kappa shape index (κ3) is 5.58. The van der Waals surface area contributed by atoms with E-state index in [-0.39, 0.29) is 0 Å². The Kier molecular flexibility index (Phi) is 8.19. The van der Waals surface area contributed by atoms with E-state index in [0.29, 0.717) is 6.04 Å². The Balaban J connectivity index is 2.79. The first-order valence-corrected chi connectivity index (χ1v) is 7.44. The fourth-order valence-corrected chi connectivity index (χ4v) is 2.38. The van der Waals surface area contributed by atoms with E-state index in [4.69, 9.17) is 0 Å². The molecule has 0 aromatic heterocycles. The van der Waals surface area contributed by atoms with Crippen LogP contribution in [0.1, 0.15) is 38.3 Å². The maximum atomic E-state index is 3.89. The van der Waals surface area contributed by atoms with Crippen LogP contribution in [0.2, 0.25) is 0 Å². The summed E-state index contributed by atoms with van der Waals surface area (Å²) in [5, 5.41) is 3.55. The largest absolute Gasteiger partial charge is 0.315 e. The summed E-state index contributed by atoms with van der Waals surface area (Å²) in [5.74, 6) is 0. The van der Waals surface area contributed by atoms with E-state index in [2.05, 4.69) is 61.0 Å². The monoisotopic (exact) mass is 260 g/mol. The third-order valence-corrected chi connectivity index (χ3v) is 3.26. The second kappa shape index (κ2) is 9.76. The lowest BCUT2D eigenvalue weighted by Gasteiger charge is -2.31. The average molecular weight is 260 g/mol. The van der Waals surface area contributed by atoms with Crippen LogP contribution in [0.15, 0.2) is 43.0 Å². The van der Waals surface area contributed by atoms with Crippen LogP contribution < -0.4 is 5.32 Å². The van der Waals surface area contributed by atoms with Crippen molar-refractivity contribution in [3.05, 3.63) is 48.6 Å². The van der Waals surface area contributed by atoms with E-state index in [1.54, 1.807) is 0 Å². The Bertz CT molecular complexity index is 334. The van der Waals surface area contributed by atoms with E-state index in [1.807, 2.05) is 6.08 Å². The summed E-state index contributed by atoms with van der Waals surface area (Å²) in [7, 11) is 0. The molecular weight excluding hydrogens is 232 g/mol. The highest BCUT2D eigenvalue weighted by Crippen LogP contribution is 2.20. The quantitative estimate of drug-likeness (QED) is 0.510. The Morgan fingerprint density at radius 1 is 1.21 bits per heavy atom. The molecule has 0 saturated heterocycles. The van der Waals surface area contributed by atoms with Crippen LogP contribution in [-0.4, -0.2) is 31.1 Å². The predicted molar refractivity (Wildman–Crippen MR) is 84.4 cm³/mol. The van der Waals surface area contributed by atoms with Gasteiger partial charge in [-0.1, -0.05) is 50.3 Å². The first-order valence-electron chi connectivity index (χ1n) is 7.44. The molecule has 0 aliphatic carbocycles. The Morgan fingerprint density at radius 3 is 2.53 bits per heavy atom. The molecule has 0 saturated carbocycles. The van der Waals surface area contributed by atoms with Crippen LogP contribution in [0.4, 0.5) is 0 Å². The van der Waals surface area contributed by atoms with E-state index >= 15 is 0 Å². The summed E-state index contributed by atoms with van der Waals surface area (Å²) in [4.78, 5) is 2.50. The Labute approximate surface area is 118 Å². The number of nitrogens with zero attached hydrogens (tertiary/aromatic N) is 1. The molecular formula is C17H28N2. The van der Waals surface area contributed by atoms with E-state index in [1.165, 1.54) is 18.4 Å². The number of rotatable bonds is 10. The van der Waals surface area contributed by atoms with Gasteiger partial charge in [-0.05, 0) is 31.5 Å². The molecule has 1 atom stereocenters. The molecule has 0 radical (unpaired) electrons. The van der Waals surface area contributed by atoms with Crippen molar-refractivity contribution in [2.24, 2.45) is 0 Å². The van der Waals surface area contributed by atoms with Crippen molar-refractivity contribution in [3.8, 4) is 0 Å². The van der Waals surface area contributed by atoms with E-state index in [0.717, 1.165) is 26.2 Å². The molecule has 0 heterocycles. The van der Waals surface area contributed by atoms with Gasteiger partial charge in [0.15, 0.2) is 0 Å². The molecule has 1 unspecified atom stereocenters. The van der Waals surface area contributed by atoms with Crippen molar-refractivity contribution in [3.63, 3.8) is 0 Å². The molecule has 2 heteroatoms. The van der Waals surface area contributed by atoms with Crippen LogP contribution in [0.3, 0.4) is 0 Å². The van der Waals surface area contributed by atoms with Gasteiger partial charge in [-0.2, -0.15) is 0 Å².